The second kappa shape index (κ2) is 12.1. The van der Waals surface area contributed by atoms with Crippen LogP contribution >= 0.6 is 0 Å². The number of phenols is 1. The smallest absolute Gasteiger partial charge is 0.241 e. The average molecular weight is 455 g/mol. The van der Waals surface area contributed by atoms with Gasteiger partial charge in [-0.15, -0.1) is 0 Å². The van der Waals surface area contributed by atoms with E-state index in [1.54, 1.807) is 48.6 Å². The molecule has 1 atom stereocenters. The lowest BCUT2D eigenvalue weighted by atomic mass is 10.1. The molecule has 0 aromatic heterocycles. The number of aromatic hydroxyl groups is 1. The molecule has 0 radical (unpaired) electrons. The zero-order chi connectivity index (χ0) is 24.3. The van der Waals surface area contributed by atoms with Gasteiger partial charge in [-0.05, 0) is 59.5 Å². The van der Waals surface area contributed by atoms with Crippen LogP contribution in [-0.2, 0) is 20.8 Å². The number of nitrogens with one attached hydrogen (secondary N) is 1. The van der Waals surface area contributed by atoms with Crippen LogP contribution < -0.4 is 11.1 Å². The highest BCUT2D eigenvalue weighted by molar-refractivity contribution is 6.10. The quantitative estimate of drug-likeness (QED) is 0.315. The molecule has 3 aromatic carbocycles. The predicted molar refractivity (Wildman–Crippen MR) is 134 cm³/mol. The number of phenolic OH excluding ortho intramolecular Hbond substituents is 1. The minimum Gasteiger partial charge on any atom is -0.508 e. The molecule has 0 aliphatic rings. The predicted octanol–water partition coefficient (Wildman–Crippen LogP) is 4.16. The SMILES string of the molecule is N[C@H](Cc1ccccc1)C(=O)Nc1ccc(C=CC(=O)CC(=O)C=Cc2ccc(O)cc2)cc1. The molecule has 0 saturated heterocycles. The van der Waals surface area contributed by atoms with Crippen molar-refractivity contribution >= 4 is 35.3 Å². The number of hydrogen-bond donors (Lipinski definition) is 3. The number of carbonyl (C=O) groups is 3. The normalized spacial score (nSPS) is 12.0. The van der Waals surface area contributed by atoms with Gasteiger partial charge in [-0.1, -0.05) is 66.7 Å². The molecular weight excluding hydrogens is 428 g/mol. The van der Waals surface area contributed by atoms with E-state index in [4.69, 9.17) is 5.73 Å². The van der Waals surface area contributed by atoms with E-state index < -0.39 is 6.04 Å². The van der Waals surface area contributed by atoms with Crippen LogP contribution in [-0.4, -0.2) is 28.6 Å². The first kappa shape index (κ1) is 24.4. The van der Waals surface area contributed by atoms with E-state index in [1.165, 1.54) is 24.3 Å². The molecule has 0 unspecified atom stereocenters. The maximum Gasteiger partial charge on any atom is 0.241 e. The highest BCUT2D eigenvalue weighted by atomic mass is 16.3. The molecule has 0 aliphatic carbocycles. The Kier molecular flexibility index (Phi) is 8.66. The van der Waals surface area contributed by atoms with Crippen molar-refractivity contribution in [3.8, 4) is 5.75 Å². The van der Waals surface area contributed by atoms with Crippen molar-refractivity contribution in [1.82, 2.24) is 0 Å². The Labute approximate surface area is 198 Å². The fourth-order valence-electron chi connectivity index (χ4n) is 3.13. The first-order valence-electron chi connectivity index (χ1n) is 10.8. The summed E-state index contributed by atoms with van der Waals surface area (Å²) in [5.74, 6) is -0.760. The molecule has 3 aromatic rings. The fourth-order valence-corrected chi connectivity index (χ4v) is 3.13. The third kappa shape index (κ3) is 8.00. The van der Waals surface area contributed by atoms with Gasteiger partial charge in [0.2, 0.25) is 5.91 Å². The topological polar surface area (TPSA) is 109 Å². The number of ketones is 2. The second-order valence-corrected chi connectivity index (χ2v) is 7.78. The van der Waals surface area contributed by atoms with Crippen molar-refractivity contribution in [2.45, 2.75) is 18.9 Å². The summed E-state index contributed by atoms with van der Waals surface area (Å²) in [5.41, 5.74) is 9.11. The van der Waals surface area contributed by atoms with Gasteiger partial charge in [0, 0.05) is 5.69 Å². The van der Waals surface area contributed by atoms with Gasteiger partial charge in [0.15, 0.2) is 11.6 Å². The molecule has 34 heavy (non-hydrogen) atoms. The van der Waals surface area contributed by atoms with E-state index in [1.807, 2.05) is 30.3 Å². The zero-order valence-corrected chi connectivity index (χ0v) is 18.6. The lowest BCUT2D eigenvalue weighted by Crippen LogP contribution is -2.37. The summed E-state index contributed by atoms with van der Waals surface area (Å²) in [6.07, 6.45) is 6.12. The van der Waals surface area contributed by atoms with Gasteiger partial charge in [-0.25, -0.2) is 0 Å². The van der Waals surface area contributed by atoms with Crippen LogP contribution in [0.2, 0.25) is 0 Å². The number of anilines is 1. The summed E-state index contributed by atoms with van der Waals surface area (Å²) in [6, 6.07) is 22.3. The number of nitrogens with two attached hydrogens (primary N) is 1. The Morgan fingerprint density at radius 2 is 1.32 bits per heavy atom. The second-order valence-electron chi connectivity index (χ2n) is 7.78. The van der Waals surface area contributed by atoms with E-state index in [2.05, 4.69) is 5.32 Å². The molecule has 0 fully saturated rings. The number of rotatable bonds is 10. The molecule has 0 spiro atoms. The molecule has 6 nitrogen and oxygen atoms in total. The van der Waals surface area contributed by atoms with Crippen LogP contribution in [0.15, 0.2) is 91.0 Å². The Hall–Kier alpha value is -4.29. The maximum atomic E-state index is 12.3. The largest absolute Gasteiger partial charge is 0.508 e. The van der Waals surface area contributed by atoms with Gasteiger partial charge in [0.25, 0.3) is 0 Å². The Bertz CT molecular complexity index is 1180. The summed E-state index contributed by atoms with van der Waals surface area (Å²) in [5, 5.41) is 12.1. The Balaban J connectivity index is 1.47. The highest BCUT2D eigenvalue weighted by Crippen LogP contribution is 2.13. The van der Waals surface area contributed by atoms with Crippen molar-refractivity contribution < 1.29 is 19.5 Å². The van der Waals surface area contributed by atoms with Gasteiger partial charge in [-0.3, -0.25) is 14.4 Å². The van der Waals surface area contributed by atoms with Crippen molar-refractivity contribution in [3.63, 3.8) is 0 Å². The first-order chi connectivity index (χ1) is 16.4. The van der Waals surface area contributed by atoms with Crippen LogP contribution in [0.25, 0.3) is 12.2 Å². The van der Waals surface area contributed by atoms with Crippen molar-refractivity contribution in [2.24, 2.45) is 5.73 Å². The Morgan fingerprint density at radius 1 is 0.794 bits per heavy atom. The molecule has 0 saturated carbocycles. The fraction of sp³-hybridized carbons (Fsp3) is 0.107. The van der Waals surface area contributed by atoms with E-state index in [0.29, 0.717) is 12.1 Å². The summed E-state index contributed by atoms with van der Waals surface area (Å²) < 4.78 is 0. The van der Waals surface area contributed by atoms with Gasteiger partial charge >= 0.3 is 0 Å². The van der Waals surface area contributed by atoms with Crippen LogP contribution in [0.1, 0.15) is 23.1 Å². The minimum atomic E-state index is -0.666. The average Bonchev–Trinajstić information content (AvgIpc) is 2.84. The van der Waals surface area contributed by atoms with Crippen LogP contribution in [0, 0.1) is 0 Å². The van der Waals surface area contributed by atoms with E-state index in [0.717, 1.165) is 16.7 Å². The van der Waals surface area contributed by atoms with E-state index in [9.17, 15) is 19.5 Å². The molecular formula is C28H26N2O4. The molecule has 4 N–H and O–H groups in total. The summed E-state index contributed by atoms with van der Waals surface area (Å²) in [4.78, 5) is 36.4. The lowest BCUT2D eigenvalue weighted by molar-refractivity contribution is -0.122. The van der Waals surface area contributed by atoms with Gasteiger partial charge < -0.3 is 16.2 Å². The van der Waals surface area contributed by atoms with Crippen LogP contribution in [0.5, 0.6) is 5.75 Å². The highest BCUT2D eigenvalue weighted by Gasteiger charge is 2.14. The van der Waals surface area contributed by atoms with Gasteiger partial charge in [-0.2, -0.15) is 0 Å². The molecule has 1 amide bonds. The standard InChI is InChI=1S/C28H26N2O4/c29-27(18-22-4-2-1-3-5-22)28(34)30-23-12-6-20(7-13-23)10-16-25(32)19-26(33)17-11-21-8-14-24(31)15-9-21/h1-17,27,31H,18-19,29H2,(H,30,34)/t27-/m1/s1. The van der Waals surface area contributed by atoms with Gasteiger partial charge in [0.1, 0.15) is 5.75 Å². The summed E-state index contributed by atoms with van der Waals surface area (Å²) >= 11 is 0. The van der Waals surface area contributed by atoms with Crippen LogP contribution in [0.4, 0.5) is 5.69 Å². The zero-order valence-electron chi connectivity index (χ0n) is 18.6. The molecule has 0 bridgehead atoms. The molecule has 0 aliphatic heterocycles. The monoisotopic (exact) mass is 454 g/mol. The third-order valence-electron chi connectivity index (χ3n) is 4.98. The Morgan fingerprint density at radius 3 is 1.88 bits per heavy atom. The summed E-state index contributed by atoms with van der Waals surface area (Å²) in [6.45, 7) is 0. The number of benzene rings is 3. The number of amides is 1. The van der Waals surface area contributed by atoms with Crippen molar-refractivity contribution in [3.05, 3.63) is 108 Å². The third-order valence-corrected chi connectivity index (χ3v) is 4.98. The number of carbonyl (C=O) groups excluding carboxylic acids is 3. The molecule has 3 rings (SSSR count). The lowest BCUT2D eigenvalue weighted by Gasteiger charge is -2.12. The van der Waals surface area contributed by atoms with Crippen molar-refractivity contribution in [1.29, 1.82) is 0 Å². The summed E-state index contributed by atoms with van der Waals surface area (Å²) in [7, 11) is 0. The number of hydrogen-bond acceptors (Lipinski definition) is 5. The first-order valence-corrected chi connectivity index (χ1v) is 10.8. The molecule has 0 heterocycles. The van der Waals surface area contributed by atoms with Crippen molar-refractivity contribution in [2.75, 3.05) is 5.32 Å². The van der Waals surface area contributed by atoms with Crippen LogP contribution in [0.3, 0.4) is 0 Å². The molecule has 172 valence electrons. The minimum absolute atomic E-state index is 0.144. The van der Waals surface area contributed by atoms with E-state index in [-0.39, 0.29) is 29.6 Å². The van der Waals surface area contributed by atoms with E-state index >= 15 is 0 Å². The molecule has 6 heteroatoms. The maximum absolute atomic E-state index is 12.3. The number of allylic oxidation sites excluding steroid dienone is 2. The van der Waals surface area contributed by atoms with Gasteiger partial charge in [0.05, 0.1) is 12.5 Å².